The Bertz CT molecular complexity index is 304. The lowest BCUT2D eigenvalue weighted by Gasteiger charge is -1.99. The van der Waals surface area contributed by atoms with Crippen LogP contribution >= 0.6 is 27.3 Å². The third-order valence-electron chi connectivity index (χ3n) is 1.45. The summed E-state index contributed by atoms with van der Waals surface area (Å²) in [4.78, 5) is 12.1. The van der Waals surface area contributed by atoms with Gasteiger partial charge in [-0.2, -0.15) is 0 Å². The van der Waals surface area contributed by atoms with E-state index in [1.807, 2.05) is 13.8 Å². The third kappa shape index (κ3) is 1.87. The number of hydrogen-bond acceptors (Lipinski definition) is 2. The highest BCUT2D eigenvalue weighted by molar-refractivity contribution is 9.10. The van der Waals surface area contributed by atoms with Gasteiger partial charge in [0.25, 0.3) is 0 Å². The van der Waals surface area contributed by atoms with Crippen LogP contribution in [-0.4, -0.2) is 11.1 Å². The second kappa shape index (κ2) is 3.58. The number of rotatable bonds is 2. The van der Waals surface area contributed by atoms with Gasteiger partial charge in [-0.15, -0.1) is 11.3 Å². The van der Waals surface area contributed by atoms with Crippen molar-refractivity contribution in [3.8, 4) is 0 Å². The Hall–Kier alpha value is -0.350. The summed E-state index contributed by atoms with van der Waals surface area (Å²) in [6.07, 6.45) is 0. The Kier molecular flexibility index (Phi) is 2.90. The molecule has 0 unspecified atom stereocenters. The molecule has 66 valence electrons. The van der Waals surface area contributed by atoms with E-state index in [1.54, 1.807) is 6.07 Å². The number of thiophene rings is 1. The molecule has 0 aliphatic carbocycles. The molecular weight excluding hydrogens is 240 g/mol. The first-order valence-corrected chi connectivity index (χ1v) is 5.16. The van der Waals surface area contributed by atoms with Crippen molar-refractivity contribution >= 4 is 33.2 Å². The SMILES string of the molecule is CC(C)c1sc(C(=O)O)cc1Br. The van der Waals surface area contributed by atoms with E-state index in [4.69, 9.17) is 5.11 Å². The van der Waals surface area contributed by atoms with Crippen LogP contribution in [0.3, 0.4) is 0 Å². The minimum Gasteiger partial charge on any atom is -0.477 e. The van der Waals surface area contributed by atoms with Crippen LogP contribution in [0.15, 0.2) is 10.5 Å². The fraction of sp³-hybridized carbons (Fsp3) is 0.375. The van der Waals surface area contributed by atoms with Gasteiger partial charge in [-0.05, 0) is 27.9 Å². The Labute approximate surface area is 83.4 Å². The van der Waals surface area contributed by atoms with Gasteiger partial charge in [-0.25, -0.2) is 4.79 Å². The van der Waals surface area contributed by atoms with Crippen LogP contribution in [0.5, 0.6) is 0 Å². The van der Waals surface area contributed by atoms with Gasteiger partial charge >= 0.3 is 5.97 Å². The lowest BCUT2D eigenvalue weighted by molar-refractivity contribution is 0.0702. The first-order chi connectivity index (χ1) is 5.52. The molecule has 0 atom stereocenters. The fourth-order valence-corrected chi connectivity index (χ4v) is 2.86. The van der Waals surface area contributed by atoms with Crippen LogP contribution in [-0.2, 0) is 0 Å². The quantitative estimate of drug-likeness (QED) is 0.872. The van der Waals surface area contributed by atoms with Gasteiger partial charge in [0, 0.05) is 9.35 Å². The molecule has 1 aromatic rings. The monoisotopic (exact) mass is 248 g/mol. The van der Waals surface area contributed by atoms with Crippen LogP contribution in [0.4, 0.5) is 0 Å². The molecule has 1 N–H and O–H groups in total. The van der Waals surface area contributed by atoms with Crippen molar-refractivity contribution in [1.29, 1.82) is 0 Å². The van der Waals surface area contributed by atoms with Gasteiger partial charge < -0.3 is 5.11 Å². The van der Waals surface area contributed by atoms with Crippen molar-refractivity contribution in [2.75, 3.05) is 0 Å². The van der Waals surface area contributed by atoms with E-state index in [-0.39, 0.29) is 0 Å². The van der Waals surface area contributed by atoms with Gasteiger partial charge in [0.2, 0.25) is 0 Å². The summed E-state index contributed by atoms with van der Waals surface area (Å²) in [6.45, 7) is 4.09. The number of aromatic carboxylic acids is 1. The van der Waals surface area contributed by atoms with Crippen molar-refractivity contribution in [3.63, 3.8) is 0 Å². The van der Waals surface area contributed by atoms with Crippen molar-refractivity contribution < 1.29 is 9.90 Å². The molecule has 4 heteroatoms. The molecular formula is C8H9BrO2S. The maximum absolute atomic E-state index is 10.6. The van der Waals surface area contributed by atoms with E-state index >= 15 is 0 Å². The van der Waals surface area contributed by atoms with Gasteiger partial charge in [0.05, 0.1) is 0 Å². The molecule has 0 aliphatic heterocycles. The fourth-order valence-electron chi connectivity index (χ4n) is 0.882. The Morgan fingerprint density at radius 2 is 2.25 bits per heavy atom. The molecule has 1 heterocycles. The molecule has 1 rings (SSSR count). The highest BCUT2D eigenvalue weighted by atomic mass is 79.9. The second-order valence-electron chi connectivity index (χ2n) is 2.78. The summed E-state index contributed by atoms with van der Waals surface area (Å²) in [5, 5.41) is 8.69. The Balaban J connectivity index is 3.09. The highest BCUT2D eigenvalue weighted by Crippen LogP contribution is 2.33. The third-order valence-corrected chi connectivity index (χ3v) is 3.79. The van der Waals surface area contributed by atoms with Crippen molar-refractivity contribution in [1.82, 2.24) is 0 Å². The molecule has 0 aliphatic rings. The van der Waals surface area contributed by atoms with Crippen molar-refractivity contribution in [3.05, 3.63) is 20.3 Å². The van der Waals surface area contributed by atoms with E-state index in [1.165, 1.54) is 11.3 Å². The summed E-state index contributed by atoms with van der Waals surface area (Å²) in [5.74, 6) is -0.481. The number of carbonyl (C=O) groups is 1. The molecule has 1 aromatic heterocycles. The molecule has 0 amide bonds. The topological polar surface area (TPSA) is 37.3 Å². The zero-order chi connectivity index (χ0) is 9.30. The molecule has 0 saturated carbocycles. The van der Waals surface area contributed by atoms with E-state index < -0.39 is 5.97 Å². The number of hydrogen-bond donors (Lipinski definition) is 1. The van der Waals surface area contributed by atoms with Crippen LogP contribution in [0.25, 0.3) is 0 Å². The summed E-state index contributed by atoms with van der Waals surface area (Å²) >= 11 is 4.66. The normalized spacial score (nSPS) is 10.7. The number of carboxylic acid groups (broad SMARTS) is 1. The van der Waals surface area contributed by atoms with Crippen LogP contribution in [0.1, 0.15) is 34.3 Å². The predicted molar refractivity (Wildman–Crippen MR) is 53.1 cm³/mol. The molecule has 0 radical (unpaired) electrons. The zero-order valence-corrected chi connectivity index (χ0v) is 9.20. The van der Waals surface area contributed by atoms with E-state index in [0.29, 0.717) is 10.8 Å². The average molecular weight is 249 g/mol. The summed E-state index contributed by atoms with van der Waals surface area (Å²) in [7, 11) is 0. The number of halogens is 1. The summed E-state index contributed by atoms with van der Waals surface area (Å²) < 4.78 is 0.903. The Morgan fingerprint density at radius 1 is 1.67 bits per heavy atom. The maximum Gasteiger partial charge on any atom is 0.345 e. The molecule has 2 nitrogen and oxygen atoms in total. The molecule has 12 heavy (non-hydrogen) atoms. The lowest BCUT2D eigenvalue weighted by Crippen LogP contribution is -1.89. The van der Waals surface area contributed by atoms with E-state index in [9.17, 15) is 4.79 Å². The van der Waals surface area contributed by atoms with Crippen molar-refractivity contribution in [2.24, 2.45) is 0 Å². The lowest BCUT2D eigenvalue weighted by atomic mass is 10.2. The first-order valence-electron chi connectivity index (χ1n) is 3.55. The van der Waals surface area contributed by atoms with E-state index in [2.05, 4.69) is 15.9 Å². The van der Waals surface area contributed by atoms with E-state index in [0.717, 1.165) is 9.35 Å². The first kappa shape index (κ1) is 9.74. The van der Waals surface area contributed by atoms with Gasteiger partial charge in [0.15, 0.2) is 0 Å². The van der Waals surface area contributed by atoms with Crippen LogP contribution in [0, 0.1) is 0 Å². The van der Waals surface area contributed by atoms with Gasteiger partial charge in [-0.1, -0.05) is 13.8 Å². The second-order valence-corrected chi connectivity index (χ2v) is 4.72. The summed E-state index contributed by atoms with van der Waals surface area (Å²) in [5.41, 5.74) is 0. The minimum absolute atomic E-state index is 0.373. The van der Waals surface area contributed by atoms with Crippen LogP contribution < -0.4 is 0 Å². The summed E-state index contributed by atoms with van der Waals surface area (Å²) in [6, 6.07) is 1.66. The predicted octanol–water partition coefficient (Wildman–Crippen LogP) is 3.33. The zero-order valence-electron chi connectivity index (χ0n) is 6.80. The minimum atomic E-state index is -0.854. The molecule has 0 fully saturated rings. The average Bonchev–Trinajstić information content (AvgIpc) is 2.30. The van der Waals surface area contributed by atoms with Crippen molar-refractivity contribution in [2.45, 2.75) is 19.8 Å². The van der Waals surface area contributed by atoms with Gasteiger partial charge in [-0.3, -0.25) is 0 Å². The maximum atomic E-state index is 10.6. The molecule has 0 aromatic carbocycles. The highest BCUT2D eigenvalue weighted by Gasteiger charge is 2.13. The standard InChI is InChI=1S/C8H9BrO2S/c1-4(2)7-5(9)3-6(12-7)8(10)11/h3-4H,1-2H3,(H,10,11). The van der Waals surface area contributed by atoms with Crippen LogP contribution in [0.2, 0.25) is 0 Å². The largest absolute Gasteiger partial charge is 0.477 e. The molecule has 0 spiro atoms. The molecule has 0 bridgehead atoms. The number of carboxylic acids is 1. The Morgan fingerprint density at radius 3 is 2.50 bits per heavy atom. The smallest absolute Gasteiger partial charge is 0.345 e. The van der Waals surface area contributed by atoms with Gasteiger partial charge in [0.1, 0.15) is 4.88 Å². The molecule has 0 saturated heterocycles.